The zero-order valence-electron chi connectivity index (χ0n) is 19.3. The van der Waals surface area contributed by atoms with E-state index in [1.165, 1.54) is 48.6 Å². The van der Waals surface area contributed by atoms with Crippen molar-refractivity contribution in [2.75, 3.05) is 18.4 Å². The molecule has 1 saturated heterocycles. The minimum absolute atomic E-state index is 0.00147. The van der Waals surface area contributed by atoms with Crippen LogP contribution in [0.15, 0.2) is 47.8 Å². The maximum absolute atomic E-state index is 13.9. The molecule has 1 aromatic heterocycles. The van der Waals surface area contributed by atoms with E-state index < -0.39 is 11.7 Å². The first-order valence-corrected chi connectivity index (χ1v) is 12.3. The standard InChI is InChI=1S/C26H26FN3O4S/c1-16(31)2-9-24(33)30-12-10-18(11-13-30)26-29-23(15-35-26)25(34)28-22-8-5-19(27)14-21(22)17-3-6-20(32)7-4-17/h3-8,14-15,18,32H,2,9-13H2,1H3,(H,28,34). The summed E-state index contributed by atoms with van der Waals surface area (Å²) in [6.07, 6.45) is 2.02. The van der Waals surface area contributed by atoms with Gasteiger partial charge in [-0.05, 0) is 55.7 Å². The lowest BCUT2D eigenvalue weighted by Crippen LogP contribution is -2.38. The average molecular weight is 496 g/mol. The van der Waals surface area contributed by atoms with Crippen molar-refractivity contribution in [3.63, 3.8) is 0 Å². The van der Waals surface area contributed by atoms with Crippen molar-refractivity contribution in [2.45, 2.75) is 38.5 Å². The molecule has 0 saturated carbocycles. The minimum atomic E-state index is -0.437. The van der Waals surface area contributed by atoms with Gasteiger partial charge in [-0.2, -0.15) is 0 Å². The molecule has 4 rings (SSSR count). The highest BCUT2D eigenvalue weighted by Gasteiger charge is 2.26. The van der Waals surface area contributed by atoms with Crippen molar-refractivity contribution < 1.29 is 23.9 Å². The van der Waals surface area contributed by atoms with E-state index in [2.05, 4.69) is 10.3 Å². The van der Waals surface area contributed by atoms with Crippen molar-refractivity contribution in [1.82, 2.24) is 9.88 Å². The number of aromatic hydroxyl groups is 1. The fourth-order valence-electron chi connectivity index (χ4n) is 4.09. The van der Waals surface area contributed by atoms with Gasteiger partial charge >= 0.3 is 0 Å². The number of benzene rings is 2. The minimum Gasteiger partial charge on any atom is -0.508 e. The van der Waals surface area contributed by atoms with Crippen LogP contribution >= 0.6 is 11.3 Å². The zero-order chi connectivity index (χ0) is 24.9. The number of likely N-dealkylation sites (tertiary alicyclic amines) is 1. The summed E-state index contributed by atoms with van der Waals surface area (Å²) in [6, 6.07) is 10.4. The van der Waals surface area contributed by atoms with Gasteiger partial charge in [-0.3, -0.25) is 9.59 Å². The Kier molecular flexibility index (Phi) is 7.55. The number of anilines is 1. The number of nitrogens with zero attached hydrogens (tertiary/aromatic N) is 2. The summed E-state index contributed by atoms with van der Waals surface area (Å²) in [5.41, 5.74) is 1.87. The van der Waals surface area contributed by atoms with Crippen LogP contribution in [0.25, 0.3) is 11.1 Å². The van der Waals surface area contributed by atoms with Crippen LogP contribution in [0.5, 0.6) is 5.75 Å². The first kappa shape index (κ1) is 24.5. The lowest BCUT2D eigenvalue weighted by molar-refractivity contribution is -0.133. The summed E-state index contributed by atoms with van der Waals surface area (Å²) >= 11 is 1.42. The van der Waals surface area contributed by atoms with Gasteiger partial charge in [0.2, 0.25) is 5.91 Å². The Balaban J connectivity index is 1.40. The van der Waals surface area contributed by atoms with Crippen molar-refractivity contribution in [3.05, 3.63) is 64.4 Å². The van der Waals surface area contributed by atoms with E-state index in [-0.39, 0.29) is 41.9 Å². The normalized spacial score (nSPS) is 14.1. The molecule has 2 N–H and O–H groups in total. The Hall–Kier alpha value is -3.59. The molecule has 0 radical (unpaired) electrons. The SMILES string of the molecule is CC(=O)CCC(=O)N1CCC(c2nc(C(=O)Nc3ccc(F)cc3-c3ccc(O)cc3)cs2)CC1. The number of halogens is 1. The Morgan fingerprint density at radius 2 is 1.83 bits per heavy atom. The number of phenols is 1. The molecule has 0 aliphatic carbocycles. The van der Waals surface area contributed by atoms with Crippen LogP contribution in [-0.2, 0) is 9.59 Å². The Morgan fingerprint density at radius 1 is 1.11 bits per heavy atom. The molecule has 0 spiro atoms. The molecular weight excluding hydrogens is 469 g/mol. The molecule has 7 nitrogen and oxygen atoms in total. The molecule has 2 aromatic carbocycles. The largest absolute Gasteiger partial charge is 0.508 e. The number of aromatic nitrogens is 1. The topological polar surface area (TPSA) is 99.6 Å². The van der Waals surface area contributed by atoms with E-state index in [0.29, 0.717) is 29.9 Å². The maximum Gasteiger partial charge on any atom is 0.275 e. The molecule has 2 heterocycles. The molecule has 3 aromatic rings. The van der Waals surface area contributed by atoms with Gasteiger partial charge < -0.3 is 20.1 Å². The molecule has 182 valence electrons. The molecule has 1 aliphatic heterocycles. The van der Waals surface area contributed by atoms with Crippen LogP contribution in [0.1, 0.15) is 54.0 Å². The zero-order valence-corrected chi connectivity index (χ0v) is 20.1. The summed E-state index contributed by atoms with van der Waals surface area (Å²) in [5.74, 6) is -0.558. The van der Waals surface area contributed by atoms with Crippen molar-refractivity contribution in [3.8, 4) is 16.9 Å². The van der Waals surface area contributed by atoms with E-state index in [0.717, 1.165) is 17.8 Å². The monoisotopic (exact) mass is 495 g/mol. The van der Waals surface area contributed by atoms with Gasteiger partial charge in [-0.15, -0.1) is 11.3 Å². The highest BCUT2D eigenvalue weighted by Crippen LogP contribution is 2.32. The second-order valence-corrected chi connectivity index (χ2v) is 9.51. The number of phenolic OH excluding ortho intramolecular Hbond substituents is 1. The predicted octanol–water partition coefficient (Wildman–Crippen LogP) is 4.98. The summed E-state index contributed by atoms with van der Waals surface area (Å²) in [6.45, 7) is 2.70. The first-order chi connectivity index (χ1) is 16.8. The number of piperidine rings is 1. The first-order valence-electron chi connectivity index (χ1n) is 11.4. The summed E-state index contributed by atoms with van der Waals surface area (Å²) in [5, 5.41) is 14.9. The average Bonchev–Trinajstić information content (AvgIpc) is 3.35. The van der Waals surface area contributed by atoms with E-state index >= 15 is 0 Å². The van der Waals surface area contributed by atoms with E-state index in [9.17, 15) is 23.9 Å². The third-order valence-corrected chi connectivity index (χ3v) is 7.06. The fraction of sp³-hybridized carbons (Fsp3) is 0.308. The van der Waals surface area contributed by atoms with Crippen LogP contribution in [0.4, 0.5) is 10.1 Å². The second-order valence-electron chi connectivity index (χ2n) is 8.62. The maximum atomic E-state index is 13.9. The predicted molar refractivity (Wildman–Crippen MR) is 132 cm³/mol. The third kappa shape index (κ3) is 6.10. The van der Waals surface area contributed by atoms with Crippen LogP contribution in [0, 0.1) is 5.82 Å². The highest BCUT2D eigenvalue weighted by molar-refractivity contribution is 7.10. The number of hydrogen-bond acceptors (Lipinski definition) is 6. The number of hydrogen-bond donors (Lipinski definition) is 2. The second kappa shape index (κ2) is 10.8. The highest BCUT2D eigenvalue weighted by atomic mass is 32.1. The Morgan fingerprint density at radius 3 is 2.51 bits per heavy atom. The smallest absolute Gasteiger partial charge is 0.275 e. The molecule has 9 heteroatoms. The van der Waals surface area contributed by atoms with Crippen LogP contribution in [-0.4, -0.2) is 45.7 Å². The lowest BCUT2D eigenvalue weighted by atomic mass is 9.97. The number of carbonyl (C=O) groups is 3. The van der Waals surface area contributed by atoms with Gasteiger partial charge in [0, 0.05) is 48.5 Å². The number of Topliss-reactive ketones (excluding diaryl/α,β-unsaturated/α-hetero) is 1. The van der Waals surface area contributed by atoms with Gasteiger partial charge in [0.15, 0.2) is 0 Å². The van der Waals surface area contributed by atoms with Gasteiger partial charge in [-0.25, -0.2) is 9.37 Å². The lowest BCUT2D eigenvalue weighted by Gasteiger charge is -2.31. The molecule has 0 bridgehead atoms. The van der Waals surface area contributed by atoms with Crippen LogP contribution < -0.4 is 5.32 Å². The number of thiazole rings is 1. The summed E-state index contributed by atoms with van der Waals surface area (Å²) in [7, 11) is 0. The van der Waals surface area contributed by atoms with Gasteiger partial charge in [0.25, 0.3) is 5.91 Å². The van der Waals surface area contributed by atoms with Gasteiger partial charge in [0.05, 0.1) is 5.01 Å². The Labute approximate surface area is 206 Å². The van der Waals surface area contributed by atoms with E-state index in [1.54, 1.807) is 22.4 Å². The number of amides is 2. The van der Waals surface area contributed by atoms with E-state index in [4.69, 9.17) is 0 Å². The number of rotatable bonds is 7. The van der Waals surface area contributed by atoms with Crippen LogP contribution in [0.2, 0.25) is 0 Å². The molecule has 2 amide bonds. The molecule has 1 fully saturated rings. The van der Waals surface area contributed by atoms with Gasteiger partial charge in [-0.1, -0.05) is 12.1 Å². The molecule has 0 unspecified atom stereocenters. The van der Waals surface area contributed by atoms with Gasteiger partial charge in [0.1, 0.15) is 23.0 Å². The Bertz CT molecular complexity index is 1230. The fourth-order valence-corrected chi connectivity index (χ4v) is 5.06. The van der Waals surface area contributed by atoms with Crippen molar-refractivity contribution in [2.24, 2.45) is 0 Å². The molecular formula is C26H26FN3O4S. The third-order valence-electron chi connectivity index (χ3n) is 6.05. The molecule has 0 atom stereocenters. The van der Waals surface area contributed by atoms with Crippen LogP contribution in [0.3, 0.4) is 0 Å². The number of ketones is 1. The molecule has 1 aliphatic rings. The van der Waals surface area contributed by atoms with Crippen molar-refractivity contribution in [1.29, 1.82) is 0 Å². The number of carbonyl (C=O) groups excluding carboxylic acids is 3. The number of nitrogens with one attached hydrogen (secondary N) is 1. The molecule has 35 heavy (non-hydrogen) atoms. The summed E-state index contributed by atoms with van der Waals surface area (Å²) < 4.78 is 13.9. The summed E-state index contributed by atoms with van der Waals surface area (Å²) in [4.78, 5) is 42.6. The van der Waals surface area contributed by atoms with E-state index in [1.807, 2.05) is 0 Å². The van der Waals surface area contributed by atoms with Crippen molar-refractivity contribution >= 4 is 34.6 Å². The quantitative estimate of drug-likeness (QED) is 0.482.